The zero-order chi connectivity index (χ0) is 17.8. The minimum Gasteiger partial charge on any atom is -0.373 e. The van der Waals surface area contributed by atoms with Gasteiger partial charge in [-0.2, -0.15) is 5.26 Å². The van der Waals surface area contributed by atoms with Gasteiger partial charge in [0.15, 0.2) is 0 Å². The fraction of sp³-hybridized carbons (Fsp3) is 0.368. The number of aromatic nitrogens is 1. The second kappa shape index (κ2) is 7.51. The summed E-state index contributed by atoms with van der Waals surface area (Å²) in [5.74, 6) is -0.109. The van der Waals surface area contributed by atoms with E-state index in [2.05, 4.69) is 9.88 Å². The summed E-state index contributed by atoms with van der Waals surface area (Å²) < 4.78 is 6.00. The van der Waals surface area contributed by atoms with Crippen LogP contribution < -0.4 is 0 Å². The summed E-state index contributed by atoms with van der Waals surface area (Å²) in [4.78, 5) is 19.9. The van der Waals surface area contributed by atoms with Crippen LogP contribution in [0.2, 0.25) is 0 Å². The highest BCUT2D eigenvalue weighted by atomic mass is 16.5. The number of carbonyl (C=O) groups excluding carboxylic acids is 1. The van der Waals surface area contributed by atoms with E-state index in [0.29, 0.717) is 24.4 Å². The molecular formula is C19H22N4O2. The second-order valence-corrected chi connectivity index (χ2v) is 6.44. The first-order chi connectivity index (χ1) is 12.1. The van der Waals surface area contributed by atoms with Gasteiger partial charge in [-0.05, 0) is 25.7 Å². The van der Waals surface area contributed by atoms with Crippen LogP contribution in [0.5, 0.6) is 0 Å². The van der Waals surface area contributed by atoms with Crippen molar-refractivity contribution in [1.29, 1.82) is 5.26 Å². The van der Waals surface area contributed by atoms with Crippen LogP contribution in [0.3, 0.4) is 0 Å². The number of aromatic amines is 1. The van der Waals surface area contributed by atoms with Gasteiger partial charge >= 0.3 is 0 Å². The number of carbonyl (C=O) groups is 1. The van der Waals surface area contributed by atoms with E-state index < -0.39 is 0 Å². The quantitative estimate of drug-likeness (QED) is 0.926. The van der Waals surface area contributed by atoms with Crippen molar-refractivity contribution in [2.24, 2.45) is 0 Å². The standard InChI is InChI=1S/C19H22N4O2/c1-22(2)13-17-18(15-6-4-3-5-7-15)23(8-9-25-17)19(24)16-10-14(11-20)12-21-16/h3-7,10,12,17-18,21H,8-9,13H2,1-2H3/t17-,18-/m0/s1. The summed E-state index contributed by atoms with van der Waals surface area (Å²) in [5.41, 5.74) is 1.94. The molecule has 0 saturated carbocycles. The topological polar surface area (TPSA) is 72.4 Å². The molecule has 0 unspecified atom stereocenters. The molecule has 0 aliphatic carbocycles. The van der Waals surface area contributed by atoms with Gasteiger partial charge in [0, 0.05) is 19.3 Å². The molecule has 3 rings (SSSR count). The molecule has 130 valence electrons. The summed E-state index contributed by atoms with van der Waals surface area (Å²) in [7, 11) is 3.99. The monoisotopic (exact) mass is 338 g/mol. The van der Waals surface area contributed by atoms with E-state index in [9.17, 15) is 4.79 Å². The first-order valence-electron chi connectivity index (χ1n) is 8.31. The Balaban J connectivity index is 1.94. The molecule has 1 aromatic heterocycles. The van der Waals surface area contributed by atoms with E-state index in [0.717, 1.165) is 12.1 Å². The van der Waals surface area contributed by atoms with Crippen LogP contribution >= 0.6 is 0 Å². The van der Waals surface area contributed by atoms with Crippen molar-refractivity contribution in [3.63, 3.8) is 0 Å². The minimum absolute atomic E-state index is 0.109. The first-order valence-corrected chi connectivity index (χ1v) is 8.31. The summed E-state index contributed by atoms with van der Waals surface area (Å²) in [6.45, 7) is 1.74. The highest BCUT2D eigenvalue weighted by Gasteiger charge is 2.37. The molecule has 1 aliphatic heterocycles. The largest absolute Gasteiger partial charge is 0.373 e. The molecule has 1 saturated heterocycles. The molecule has 1 fully saturated rings. The van der Waals surface area contributed by atoms with Crippen molar-refractivity contribution in [3.05, 3.63) is 59.4 Å². The van der Waals surface area contributed by atoms with Crippen LogP contribution in [-0.4, -0.2) is 60.6 Å². The van der Waals surface area contributed by atoms with Gasteiger partial charge in [0.1, 0.15) is 11.8 Å². The van der Waals surface area contributed by atoms with Crippen molar-refractivity contribution < 1.29 is 9.53 Å². The number of nitriles is 1. The normalized spacial score (nSPS) is 20.5. The molecular weight excluding hydrogens is 316 g/mol. The number of nitrogens with zero attached hydrogens (tertiary/aromatic N) is 3. The van der Waals surface area contributed by atoms with Crippen molar-refractivity contribution in [2.45, 2.75) is 12.1 Å². The maximum absolute atomic E-state index is 13.1. The van der Waals surface area contributed by atoms with Gasteiger partial charge in [0.05, 0.1) is 24.3 Å². The van der Waals surface area contributed by atoms with Gasteiger partial charge in [-0.1, -0.05) is 30.3 Å². The van der Waals surface area contributed by atoms with Gasteiger partial charge in [-0.15, -0.1) is 0 Å². The van der Waals surface area contributed by atoms with Crippen LogP contribution in [0.15, 0.2) is 42.6 Å². The van der Waals surface area contributed by atoms with E-state index in [4.69, 9.17) is 10.00 Å². The van der Waals surface area contributed by atoms with Crippen molar-refractivity contribution >= 4 is 5.91 Å². The van der Waals surface area contributed by atoms with Gasteiger partial charge < -0.3 is 19.5 Å². The third-order valence-corrected chi connectivity index (χ3v) is 4.34. The number of likely N-dealkylation sites (N-methyl/N-ethyl adjacent to an activating group) is 1. The van der Waals surface area contributed by atoms with Gasteiger partial charge in [-0.3, -0.25) is 4.79 Å². The average Bonchev–Trinajstić information content (AvgIpc) is 3.10. The number of nitrogens with one attached hydrogen (secondary N) is 1. The summed E-state index contributed by atoms with van der Waals surface area (Å²) in [6, 6.07) is 13.4. The van der Waals surface area contributed by atoms with Gasteiger partial charge in [0.25, 0.3) is 5.91 Å². The SMILES string of the molecule is CN(C)C[C@@H]1OCCN(C(=O)c2cc(C#N)c[nH]2)[C@H]1c1ccccc1. The molecule has 2 atom stereocenters. The van der Waals surface area contributed by atoms with Crippen LogP contribution in [0.25, 0.3) is 0 Å². The molecule has 0 bridgehead atoms. The van der Waals surface area contributed by atoms with Crippen LogP contribution in [0.4, 0.5) is 0 Å². The Morgan fingerprint density at radius 2 is 2.16 bits per heavy atom. The molecule has 0 spiro atoms. The maximum Gasteiger partial charge on any atom is 0.270 e. The van der Waals surface area contributed by atoms with Gasteiger partial charge in [0.2, 0.25) is 0 Å². The third-order valence-electron chi connectivity index (χ3n) is 4.34. The Labute approximate surface area is 147 Å². The summed E-state index contributed by atoms with van der Waals surface area (Å²) in [5, 5.41) is 8.99. The molecule has 6 heteroatoms. The molecule has 1 aliphatic rings. The number of rotatable bonds is 4. The number of benzene rings is 1. The predicted octanol–water partition coefficient (Wildman–Crippen LogP) is 2.03. The average molecular weight is 338 g/mol. The summed E-state index contributed by atoms with van der Waals surface area (Å²) in [6.07, 6.45) is 1.45. The lowest BCUT2D eigenvalue weighted by molar-refractivity contribution is -0.0685. The molecule has 1 amide bonds. The van der Waals surface area contributed by atoms with E-state index in [1.54, 1.807) is 12.3 Å². The predicted molar refractivity (Wildman–Crippen MR) is 94.0 cm³/mol. The minimum atomic E-state index is -0.168. The van der Waals surface area contributed by atoms with Crippen LogP contribution in [0, 0.1) is 11.3 Å². The lowest BCUT2D eigenvalue weighted by Gasteiger charge is -2.42. The molecule has 2 aromatic rings. The number of ether oxygens (including phenoxy) is 1. The zero-order valence-electron chi connectivity index (χ0n) is 14.5. The van der Waals surface area contributed by atoms with Crippen LogP contribution in [0.1, 0.15) is 27.7 Å². The Bertz CT molecular complexity index is 763. The molecule has 2 heterocycles. The molecule has 1 aromatic carbocycles. The molecule has 0 radical (unpaired) electrons. The fourth-order valence-electron chi connectivity index (χ4n) is 3.26. The number of hydrogen-bond donors (Lipinski definition) is 1. The van der Waals surface area contributed by atoms with Crippen molar-refractivity contribution in [2.75, 3.05) is 33.8 Å². The number of amides is 1. The van der Waals surface area contributed by atoms with E-state index in [1.807, 2.05) is 55.4 Å². The van der Waals surface area contributed by atoms with E-state index in [-0.39, 0.29) is 18.1 Å². The first kappa shape index (κ1) is 17.2. The molecule has 25 heavy (non-hydrogen) atoms. The second-order valence-electron chi connectivity index (χ2n) is 6.44. The Hall–Kier alpha value is -2.62. The third kappa shape index (κ3) is 3.73. The number of morpholine rings is 1. The Morgan fingerprint density at radius 1 is 1.40 bits per heavy atom. The van der Waals surface area contributed by atoms with Crippen molar-refractivity contribution in [3.8, 4) is 6.07 Å². The highest BCUT2D eigenvalue weighted by molar-refractivity contribution is 5.93. The number of hydrogen-bond acceptors (Lipinski definition) is 4. The molecule has 6 nitrogen and oxygen atoms in total. The van der Waals surface area contributed by atoms with Gasteiger partial charge in [-0.25, -0.2) is 0 Å². The lowest BCUT2D eigenvalue weighted by atomic mass is 9.97. The Kier molecular flexibility index (Phi) is 5.17. The maximum atomic E-state index is 13.1. The smallest absolute Gasteiger partial charge is 0.270 e. The number of H-pyrrole nitrogens is 1. The van der Waals surface area contributed by atoms with Crippen LogP contribution in [-0.2, 0) is 4.74 Å². The molecule has 1 N–H and O–H groups in total. The highest BCUT2D eigenvalue weighted by Crippen LogP contribution is 2.31. The zero-order valence-corrected chi connectivity index (χ0v) is 14.5. The lowest BCUT2D eigenvalue weighted by Crippen LogP contribution is -2.51. The van der Waals surface area contributed by atoms with E-state index >= 15 is 0 Å². The van der Waals surface area contributed by atoms with E-state index in [1.165, 1.54) is 0 Å². The summed E-state index contributed by atoms with van der Waals surface area (Å²) >= 11 is 0. The Morgan fingerprint density at radius 3 is 2.80 bits per heavy atom. The van der Waals surface area contributed by atoms with Crippen molar-refractivity contribution in [1.82, 2.24) is 14.8 Å². The fourth-order valence-corrected chi connectivity index (χ4v) is 3.26.